The van der Waals surface area contributed by atoms with Gasteiger partial charge in [-0.3, -0.25) is 4.79 Å². The van der Waals surface area contributed by atoms with Crippen LogP contribution in [0.3, 0.4) is 0 Å². The molecule has 1 amide bonds. The Kier molecular flexibility index (Phi) is 7.50. The van der Waals surface area contributed by atoms with Crippen molar-refractivity contribution < 1.29 is 21.6 Å². The van der Waals surface area contributed by atoms with Crippen LogP contribution in [0, 0.1) is 13.8 Å². The van der Waals surface area contributed by atoms with Gasteiger partial charge in [-0.15, -0.1) is 0 Å². The number of nitrogens with one attached hydrogen (secondary N) is 1. The highest BCUT2D eigenvalue weighted by Crippen LogP contribution is 2.25. The number of carbonyl (C=O) groups excluding carboxylic acids is 1. The summed E-state index contributed by atoms with van der Waals surface area (Å²) < 4.78 is 51.6. The topological polar surface area (TPSA) is 97.4 Å². The third-order valence-electron chi connectivity index (χ3n) is 4.98. The van der Waals surface area contributed by atoms with Crippen LogP contribution in [0.4, 0.5) is 0 Å². The molecule has 0 spiro atoms. The first-order valence-corrected chi connectivity index (χ1v) is 13.3. The van der Waals surface area contributed by atoms with Gasteiger partial charge in [0.1, 0.15) is 5.88 Å². The summed E-state index contributed by atoms with van der Waals surface area (Å²) in [5.41, 5.74) is 2.43. The molecular weight excluding hydrogens is 458 g/mol. The lowest BCUT2D eigenvalue weighted by molar-refractivity contribution is -0.120. The molecule has 33 heavy (non-hydrogen) atoms. The number of hydrogen-bond donors (Lipinski definition) is 1. The molecule has 0 aromatic heterocycles. The minimum absolute atomic E-state index is 0.0651. The molecule has 6 nitrogen and oxygen atoms in total. The Morgan fingerprint density at radius 1 is 0.758 bits per heavy atom. The minimum atomic E-state index is -3.97. The van der Waals surface area contributed by atoms with E-state index in [4.69, 9.17) is 0 Å². The van der Waals surface area contributed by atoms with E-state index in [1.165, 1.54) is 30.3 Å². The Morgan fingerprint density at radius 2 is 1.27 bits per heavy atom. The van der Waals surface area contributed by atoms with E-state index in [0.29, 0.717) is 5.56 Å². The molecular formula is C25H25NO5S2. The Labute approximate surface area is 194 Å². The van der Waals surface area contributed by atoms with Gasteiger partial charge < -0.3 is 5.32 Å². The lowest BCUT2D eigenvalue weighted by Gasteiger charge is -2.11. The van der Waals surface area contributed by atoms with Gasteiger partial charge in [0.25, 0.3) is 0 Å². The van der Waals surface area contributed by atoms with Crippen molar-refractivity contribution in [1.82, 2.24) is 5.32 Å². The summed E-state index contributed by atoms with van der Waals surface area (Å²) in [5.74, 6) is -1.33. The second-order valence-corrected chi connectivity index (χ2v) is 11.7. The van der Waals surface area contributed by atoms with E-state index in [1.807, 2.05) is 13.8 Å². The van der Waals surface area contributed by atoms with E-state index in [-0.39, 0.29) is 14.7 Å². The zero-order valence-corrected chi connectivity index (χ0v) is 20.0. The van der Waals surface area contributed by atoms with Gasteiger partial charge in [0.15, 0.2) is 9.84 Å². The normalized spacial score (nSPS) is 12.4. The van der Waals surface area contributed by atoms with Gasteiger partial charge in [0, 0.05) is 0 Å². The molecule has 8 heteroatoms. The summed E-state index contributed by atoms with van der Waals surface area (Å²) in [6.45, 7) is 3.69. The predicted octanol–water partition coefficient (Wildman–Crippen LogP) is 4.06. The Morgan fingerprint density at radius 3 is 1.82 bits per heavy atom. The fourth-order valence-electron chi connectivity index (χ4n) is 3.05. The third kappa shape index (κ3) is 6.40. The standard InChI is InChI=1S/C25H25NO5S2/c1-19-8-12-22(13-9-19)32(28,29)18-26-25(27)17-24(16-21-6-4-3-5-7-21)33(30,31)23-14-10-20(2)11-15-23/h3-16H,17-18H2,1-2H3,(H,26,27)/b24-16+. The van der Waals surface area contributed by atoms with Gasteiger partial charge in [-0.1, -0.05) is 65.7 Å². The largest absolute Gasteiger partial charge is 0.341 e. The molecule has 172 valence electrons. The molecule has 0 radical (unpaired) electrons. The molecule has 0 saturated heterocycles. The molecule has 3 aromatic carbocycles. The predicted molar refractivity (Wildman–Crippen MR) is 129 cm³/mol. The molecule has 0 bridgehead atoms. The number of rotatable bonds is 8. The zero-order chi connectivity index (χ0) is 24.1. The van der Waals surface area contributed by atoms with Gasteiger partial charge in [0.2, 0.25) is 15.7 Å². The van der Waals surface area contributed by atoms with Crippen LogP contribution in [-0.4, -0.2) is 28.6 Å². The highest BCUT2D eigenvalue weighted by atomic mass is 32.2. The van der Waals surface area contributed by atoms with Gasteiger partial charge in [-0.25, -0.2) is 16.8 Å². The van der Waals surface area contributed by atoms with Gasteiger partial charge in [-0.2, -0.15) is 0 Å². The molecule has 0 aliphatic rings. The van der Waals surface area contributed by atoms with Crippen molar-refractivity contribution in [1.29, 1.82) is 0 Å². The van der Waals surface area contributed by atoms with Crippen molar-refractivity contribution in [2.24, 2.45) is 0 Å². The lowest BCUT2D eigenvalue weighted by Crippen LogP contribution is -2.30. The molecule has 0 aliphatic heterocycles. The maximum Gasteiger partial charge on any atom is 0.225 e. The van der Waals surface area contributed by atoms with Crippen molar-refractivity contribution in [3.8, 4) is 0 Å². The first kappa shape index (κ1) is 24.4. The van der Waals surface area contributed by atoms with Gasteiger partial charge >= 0.3 is 0 Å². The maximum absolute atomic E-state index is 13.3. The maximum atomic E-state index is 13.3. The van der Waals surface area contributed by atoms with Crippen LogP contribution >= 0.6 is 0 Å². The molecule has 3 rings (SSSR count). The minimum Gasteiger partial charge on any atom is -0.341 e. The molecule has 1 N–H and O–H groups in total. The van der Waals surface area contributed by atoms with Crippen LogP contribution in [0.5, 0.6) is 0 Å². The number of sulfone groups is 2. The summed E-state index contributed by atoms with van der Waals surface area (Å²) in [7, 11) is -7.73. The Hall–Kier alpha value is -3.23. The van der Waals surface area contributed by atoms with E-state index in [1.54, 1.807) is 54.6 Å². The van der Waals surface area contributed by atoms with E-state index in [0.717, 1.165) is 11.1 Å². The molecule has 0 atom stereocenters. The first-order valence-electron chi connectivity index (χ1n) is 10.2. The highest BCUT2D eigenvalue weighted by Gasteiger charge is 2.24. The van der Waals surface area contributed by atoms with Crippen molar-refractivity contribution in [3.63, 3.8) is 0 Å². The SMILES string of the molecule is Cc1ccc(S(=O)(=O)CNC(=O)C/C(=C\c2ccccc2)S(=O)(=O)c2ccc(C)cc2)cc1. The number of amides is 1. The fourth-order valence-corrected chi connectivity index (χ4v) is 5.53. The molecule has 0 heterocycles. The third-order valence-corrected chi connectivity index (χ3v) is 8.34. The summed E-state index contributed by atoms with van der Waals surface area (Å²) in [5, 5.41) is 2.35. The summed E-state index contributed by atoms with van der Waals surface area (Å²) in [6, 6.07) is 21.4. The average Bonchev–Trinajstić information content (AvgIpc) is 2.79. The number of carbonyl (C=O) groups is 1. The zero-order valence-electron chi connectivity index (χ0n) is 18.4. The van der Waals surface area contributed by atoms with Crippen LogP contribution in [0.15, 0.2) is 93.6 Å². The smallest absolute Gasteiger partial charge is 0.225 e. The average molecular weight is 484 g/mol. The lowest BCUT2D eigenvalue weighted by atomic mass is 10.2. The van der Waals surface area contributed by atoms with Crippen LogP contribution in [0.2, 0.25) is 0 Å². The van der Waals surface area contributed by atoms with E-state index in [2.05, 4.69) is 5.32 Å². The van der Waals surface area contributed by atoms with Crippen LogP contribution in [0.25, 0.3) is 6.08 Å². The van der Waals surface area contributed by atoms with E-state index in [9.17, 15) is 21.6 Å². The van der Waals surface area contributed by atoms with Crippen molar-refractivity contribution >= 4 is 31.7 Å². The number of benzene rings is 3. The Balaban J connectivity index is 1.84. The van der Waals surface area contributed by atoms with Crippen molar-refractivity contribution in [2.45, 2.75) is 30.1 Å². The van der Waals surface area contributed by atoms with E-state index >= 15 is 0 Å². The van der Waals surface area contributed by atoms with Crippen LogP contribution in [-0.2, 0) is 24.5 Å². The van der Waals surface area contributed by atoms with E-state index < -0.39 is 37.9 Å². The fraction of sp³-hybridized carbons (Fsp3) is 0.160. The van der Waals surface area contributed by atoms with Crippen molar-refractivity contribution in [3.05, 3.63) is 100 Å². The van der Waals surface area contributed by atoms with Gasteiger partial charge in [0.05, 0.1) is 21.1 Å². The quantitative estimate of drug-likeness (QED) is 0.521. The highest BCUT2D eigenvalue weighted by molar-refractivity contribution is 7.95. The molecule has 3 aromatic rings. The monoisotopic (exact) mass is 483 g/mol. The summed E-state index contributed by atoms with van der Waals surface area (Å²) >= 11 is 0. The molecule has 0 aliphatic carbocycles. The second kappa shape index (κ2) is 10.1. The first-order chi connectivity index (χ1) is 15.6. The summed E-state index contributed by atoms with van der Waals surface area (Å²) in [6.07, 6.45) is 0.942. The van der Waals surface area contributed by atoms with Crippen LogP contribution in [0.1, 0.15) is 23.1 Å². The number of hydrogen-bond acceptors (Lipinski definition) is 5. The molecule has 0 unspecified atom stereocenters. The van der Waals surface area contributed by atoms with Gasteiger partial charge in [-0.05, 0) is 49.8 Å². The second-order valence-electron chi connectivity index (χ2n) is 7.69. The number of aryl methyl sites for hydroxylation is 2. The summed E-state index contributed by atoms with van der Waals surface area (Å²) in [4.78, 5) is 12.7. The van der Waals surface area contributed by atoms with Crippen LogP contribution < -0.4 is 5.32 Å². The van der Waals surface area contributed by atoms with Crippen molar-refractivity contribution in [2.75, 3.05) is 5.88 Å². The Bertz CT molecular complexity index is 1360. The molecule has 0 saturated carbocycles. The molecule has 0 fully saturated rings.